The molecule has 6 nitrogen and oxygen atoms in total. The standard InChI is InChI=1S/C14H17NO5S/c1-9-5-12(18-3)13(19-4)7-14(9)21(16,17)8-11-6-10(2)15-20-11/h5-7H,8H2,1-4H3. The van der Waals surface area contributed by atoms with Gasteiger partial charge in [-0.25, -0.2) is 8.42 Å². The highest BCUT2D eigenvalue weighted by Crippen LogP contribution is 2.33. The first kappa shape index (κ1) is 15.4. The Morgan fingerprint density at radius 2 is 1.71 bits per heavy atom. The number of rotatable bonds is 5. The average molecular weight is 311 g/mol. The van der Waals surface area contributed by atoms with E-state index in [2.05, 4.69) is 5.16 Å². The third-order valence-electron chi connectivity index (χ3n) is 3.03. The van der Waals surface area contributed by atoms with Crippen molar-refractivity contribution in [2.45, 2.75) is 24.5 Å². The van der Waals surface area contributed by atoms with Gasteiger partial charge in [0.2, 0.25) is 0 Å². The molecule has 0 saturated carbocycles. The maximum Gasteiger partial charge on any atom is 0.186 e. The predicted octanol–water partition coefficient (Wildman–Crippen LogP) is 2.28. The fourth-order valence-electron chi connectivity index (χ4n) is 2.05. The van der Waals surface area contributed by atoms with Gasteiger partial charge in [0.25, 0.3) is 0 Å². The van der Waals surface area contributed by atoms with Crippen LogP contribution >= 0.6 is 0 Å². The minimum Gasteiger partial charge on any atom is -0.493 e. The van der Waals surface area contributed by atoms with Gasteiger partial charge in [0, 0.05) is 12.1 Å². The van der Waals surface area contributed by atoms with Gasteiger partial charge in [0.15, 0.2) is 27.1 Å². The molecule has 1 aromatic heterocycles. The lowest BCUT2D eigenvalue weighted by atomic mass is 10.2. The third-order valence-corrected chi connectivity index (χ3v) is 4.80. The van der Waals surface area contributed by atoms with Crippen molar-refractivity contribution in [1.29, 1.82) is 0 Å². The SMILES string of the molecule is COc1cc(C)c(S(=O)(=O)Cc2cc(C)no2)cc1OC. The van der Waals surface area contributed by atoms with E-state index in [-0.39, 0.29) is 10.6 Å². The van der Waals surface area contributed by atoms with Gasteiger partial charge in [-0.15, -0.1) is 0 Å². The second-order valence-corrected chi connectivity index (χ2v) is 6.62. The lowest BCUT2D eigenvalue weighted by Crippen LogP contribution is -2.07. The molecule has 0 bridgehead atoms. The van der Waals surface area contributed by atoms with Crippen molar-refractivity contribution in [2.75, 3.05) is 14.2 Å². The molecule has 2 rings (SSSR count). The molecular weight excluding hydrogens is 294 g/mol. The normalized spacial score (nSPS) is 11.4. The highest BCUT2D eigenvalue weighted by molar-refractivity contribution is 7.90. The quantitative estimate of drug-likeness (QED) is 0.843. The Bertz CT molecular complexity index is 749. The van der Waals surface area contributed by atoms with Gasteiger partial charge >= 0.3 is 0 Å². The summed E-state index contributed by atoms with van der Waals surface area (Å²) >= 11 is 0. The second-order valence-electron chi connectivity index (χ2n) is 4.67. The first-order valence-corrected chi connectivity index (χ1v) is 7.90. The molecule has 0 N–H and O–H groups in total. The van der Waals surface area contributed by atoms with E-state index in [1.165, 1.54) is 20.3 Å². The fraction of sp³-hybridized carbons (Fsp3) is 0.357. The highest BCUT2D eigenvalue weighted by Gasteiger charge is 2.22. The molecule has 2 aromatic rings. The number of aryl methyl sites for hydroxylation is 2. The maximum absolute atomic E-state index is 12.5. The molecule has 0 aliphatic carbocycles. The number of hydrogen-bond acceptors (Lipinski definition) is 6. The number of sulfone groups is 1. The molecule has 1 aromatic carbocycles. The summed E-state index contributed by atoms with van der Waals surface area (Å²) in [5, 5.41) is 3.69. The number of methoxy groups -OCH3 is 2. The summed E-state index contributed by atoms with van der Waals surface area (Å²) in [5.41, 5.74) is 1.23. The summed E-state index contributed by atoms with van der Waals surface area (Å²) in [7, 11) is -0.593. The smallest absolute Gasteiger partial charge is 0.186 e. The molecule has 0 atom stereocenters. The van der Waals surface area contributed by atoms with Crippen LogP contribution in [0.4, 0.5) is 0 Å². The Balaban J connectivity index is 2.44. The van der Waals surface area contributed by atoms with E-state index in [9.17, 15) is 8.42 Å². The van der Waals surface area contributed by atoms with Gasteiger partial charge < -0.3 is 14.0 Å². The minimum atomic E-state index is -3.56. The van der Waals surface area contributed by atoms with Gasteiger partial charge in [-0.3, -0.25) is 0 Å². The summed E-state index contributed by atoms with van der Waals surface area (Å²) in [5.74, 6) is 0.922. The van der Waals surface area contributed by atoms with E-state index in [1.807, 2.05) is 0 Å². The van der Waals surface area contributed by atoms with Gasteiger partial charge in [0.1, 0.15) is 5.75 Å². The molecule has 0 fully saturated rings. The van der Waals surface area contributed by atoms with Crippen LogP contribution in [-0.4, -0.2) is 27.8 Å². The van der Waals surface area contributed by atoms with Gasteiger partial charge in [-0.2, -0.15) is 0 Å². The molecule has 7 heteroatoms. The fourth-order valence-corrected chi connectivity index (χ4v) is 3.55. The third kappa shape index (κ3) is 3.18. The number of nitrogens with zero attached hydrogens (tertiary/aromatic N) is 1. The Morgan fingerprint density at radius 1 is 1.10 bits per heavy atom. The number of hydrogen-bond donors (Lipinski definition) is 0. The maximum atomic E-state index is 12.5. The molecule has 0 amide bonds. The molecule has 1 heterocycles. The Hall–Kier alpha value is -2.02. The zero-order valence-corrected chi connectivity index (χ0v) is 13.2. The van der Waals surface area contributed by atoms with E-state index in [4.69, 9.17) is 14.0 Å². The van der Waals surface area contributed by atoms with Crippen LogP contribution in [0.25, 0.3) is 0 Å². The summed E-state index contributed by atoms with van der Waals surface area (Å²) in [6.45, 7) is 3.45. The molecule has 114 valence electrons. The van der Waals surface area contributed by atoms with Crippen molar-refractivity contribution >= 4 is 9.84 Å². The Labute approximate surface area is 123 Å². The molecule has 0 aliphatic rings. The molecule has 0 aliphatic heterocycles. The summed E-state index contributed by atoms with van der Waals surface area (Å²) in [4.78, 5) is 0.189. The van der Waals surface area contributed by atoms with E-state index in [0.29, 0.717) is 28.5 Å². The average Bonchev–Trinajstić information content (AvgIpc) is 2.82. The lowest BCUT2D eigenvalue weighted by molar-refractivity contribution is 0.353. The van der Waals surface area contributed by atoms with Crippen molar-refractivity contribution in [3.05, 3.63) is 35.2 Å². The number of aromatic nitrogens is 1. The minimum absolute atomic E-state index is 0.189. The van der Waals surface area contributed by atoms with Crippen LogP contribution in [0.1, 0.15) is 17.0 Å². The van der Waals surface area contributed by atoms with Crippen LogP contribution in [0.3, 0.4) is 0 Å². The van der Waals surface area contributed by atoms with Crippen LogP contribution < -0.4 is 9.47 Å². The van der Waals surface area contributed by atoms with E-state index in [1.54, 1.807) is 26.0 Å². The first-order valence-electron chi connectivity index (χ1n) is 6.25. The summed E-state index contributed by atoms with van der Waals surface area (Å²) in [6, 6.07) is 4.71. The van der Waals surface area contributed by atoms with E-state index >= 15 is 0 Å². The van der Waals surface area contributed by atoms with Crippen LogP contribution in [0.5, 0.6) is 11.5 Å². The Kier molecular flexibility index (Phi) is 4.22. The second kappa shape index (κ2) is 5.77. The largest absolute Gasteiger partial charge is 0.493 e. The monoisotopic (exact) mass is 311 g/mol. The summed E-state index contributed by atoms with van der Waals surface area (Å²) < 4.78 is 40.3. The molecule has 0 spiro atoms. The van der Waals surface area contributed by atoms with Crippen molar-refractivity contribution in [3.63, 3.8) is 0 Å². The van der Waals surface area contributed by atoms with E-state index in [0.717, 1.165) is 0 Å². The molecule has 21 heavy (non-hydrogen) atoms. The topological polar surface area (TPSA) is 78.6 Å². The van der Waals surface area contributed by atoms with Crippen molar-refractivity contribution < 1.29 is 22.4 Å². The zero-order chi connectivity index (χ0) is 15.6. The van der Waals surface area contributed by atoms with Gasteiger partial charge in [-0.05, 0) is 25.5 Å². The molecule has 0 unspecified atom stereocenters. The van der Waals surface area contributed by atoms with Crippen molar-refractivity contribution in [3.8, 4) is 11.5 Å². The van der Waals surface area contributed by atoms with Gasteiger partial charge in [-0.1, -0.05) is 5.16 Å². The molecular formula is C14H17NO5S. The lowest BCUT2D eigenvalue weighted by Gasteiger charge is -2.12. The van der Waals surface area contributed by atoms with Gasteiger partial charge in [0.05, 0.1) is 24.8 Å². The van der Waals surface area contributed by atoms with Crippen LogP contribution in [0.15, 0.2) is 27.6 Å². The van der Waals surface area contributed by atoms with Crippen LogP contribution in [-0.2, 0) is 15.6 Å². The first-order chi connectivity index (χ1) is 9.87. The number of ether oxygens (including phenoxy) is 2. The van der Waals surface area contributed by atoms with Crippen LogP contribution in [0.2, 0.25) is 0 Å². The predicted molar refractivity (Wildman–Crippen MR) is 76.4 cm³/mol. The van der Waals surface area contributed by atoms with Crippen molar-refractivity contribution in [2.24, 2.45) is 0 Å². The number of benzene rings is 1. The highest BCUT2D eigenvalue weighted by atomic mass is 32.2. The molecule has 0 radical (unpaired) electrons. The van der Waals surface area contributed by atoms with Crippen molar-refractivity contribution in [1.82, 2.24) is 5.16 Å². The molecule has 0 saturated heterocycles. The van der Waals surface area contributed by atoms with Crippen LogP contribution in [0, 0.1) is 13.8 Å². The summed E-state index contributed by atoms with van der Waals surface area (Å²) in [6.07, 6.45) is 0. The Morgan fingerprint density at radius 3 is 2.24 bits per heavy atom. The van der Waals surface area contributed by atoms with E-state index < -0.39 is 9.84 Å². The zero-order valence-electron chi connectivity index (χ0n) is 12.3.